The SMILES string of the molecule is COC(=O)[C@H](Cc1cccc(F)c1)NC(=O)[C@H]1CCOC1. The minimum atomic E-state index is -0.829. The molecule has 21 heavy (non-hydrogen) atoms. The summed E-state index contributed by atoms with van der Waals surface area (Å²) >= 11 is 0. The maximum absolute atomic E-state index is 13.2. The molecule has 1 amide bonds. The van der Waals surface area contributed by atoms with Crippen LogP contribution in [0.3, 0.4) is 0 Å². The van der Waals surface area contributed by atoms with Gasteiger partial charge in [0.1, 0.15) is 11.9 Å². The van der Waals surface area contributed by atoms with Crippen molar-refractivity contribution in [3.05, 3.63) is 35.6 Å². The highest BCUT2D eigenvalue weighted by Gasteiger charge is 2.28. The van der Waals surface area contributed by atoms with Gasteiger partial charge in [0, 0.05) is 13.0 Å². The van der Waals surface area contributed by atoms with Gasteiger partial charge < -0.3 is 14.8 Å². The molecule has 1 aromatic carbocycles. The molecule has 1 aliphatic rings. The van der Waals surface area contributed by atoms with Crippen molar-refractivity contribution in [2.24, 2.45) is 5.92 Å². The fraction of sp³-hybridized carbons (Fsp3) is 0.467. The summed E-state index contributed by atoms with van der Waals surface area (Å²) in [6.07, 6.45) is 0.823. The van der Waals surface area contributed by atoms with Crippen molar-refractivity contribution in [2.75, 3.05) is 20.3 Å². The molecule has 1 aliphatic heterocycles. The van der Waals surface area contributed by atoms with Crippen LogP contribution in [0.2, 0.25) is 0 Å². The predicted octanol–water partition coefficient (Wildman–Crippen LogP) is 1.06. The number of hydrogen-bond acceptors (Lipinski definition) is 4. The molecule has 1 aromatic rings. The monoisotopic (exact) mass is 295 g/mol. The van der Waals surface area contributed by atoms with Crippen molar-refractivity contribution in [1.29, 1.82) is 0 Å². The van der Waals surface area contributed by atoms with E-state index in [1.165, 1.54) is 19.2 Å². The molecule has 2 atom stereocenters. The first-order valence-corrected chi connectivity index (χ1v) is 6.80. The van der Waals surface area contributed by atoms with Crippen LogP contribution in [0.4, 0.5) is 4.39 Å². The van der Waals surface area contributed by atoms with Gasteiger partial charge in [-0.1, -0.05) is 12.1 Å². The highest BCUT2D eigenvalue weighted by Crippen LogP contribution is 2.14. The first-order chi connectivity index (χ1) is 10.1. The molecule has 0 radical (unpaired) electrons. The van der Waals surface area contributed by atoms with E-state index in [0.29, 0.717) is 25.2 Å². The fourth-order valence-corrected chi connectivity index (χ4v) is 2.27. The second kappa shape index (κ2) is 7.17. The number of halogens is 1. The van der Waals surface area contributed by atoms with Crippen LogP contribution in [-0.2, 0) is 25.5 Å². The van der Waals surface area contributed by atoms with E-state index < -0.39 is 12.0 Å². The minimum Gasteiger partial charge on any atom is -0.467 e. The lowest BCUT2D eigenvalue weighted by molar-refractivity contribution is -0.145. The van der Waals surface area contributed by atoms with Crippen LogP contribution in [0.15, 0.2) is 24.3 Å². The van der Waals surface area contributed by atoms with Crippen LogP contribution in [0.25, 0.3) is 0 Å². The fourth-order valence-electron chi connectivity index (χ4n) is 2.27. The smallest absolute Gasteiger partial charge is 0.328 e. The Kier molecular flexibility index (Phi) is 5.27. The lowest BCUT2D eigenvalue weighted by atomic mass is 10.0. The molecule has 0 bridgehead atoms. The molecule has 0 unspecified atom stereocenters. The Morgan fingerprint density at radius 2 is 2.33 bits per heavy atom. The van der Waals surface area contributed by atoms with E-state index in [2.05, 4.69) is 5.32 Å². The Labute approximate surface area is 122 Å². The first-order valence-electron chi connectivity index (χ1n) is 6.80. The third-order valence-electron chi connectivity index (χ3n) is 3.43. The Morgan fingerprint density at radius 3 is 2.95 bits per heavy atom. The molecule has 6 heteroatoms. The third-order valence-corrected chi connectivity index (χ3v) is 3.43. The van der Waals surface area contributed by atoms with Crippen LogP contribution in [0, 0.1) is 11.7 Å². The largest absolute Gasteiger partial charge is 0.467 e. The Hall–Kier alpha value is -1.95. The van der Waals surface area contributed by atoms with Crippen molar-refractivity contribution >= 4 is 11.9 Å². The van der Waals surface area contributed by atoms with Gasteiger partial charge in [-0.05, 0) is 24.1 Å². The predicted molar refractivity (Wildman–Crippen MR) is 73.0 cm³/mol. The number of methoxy groups -OCH3 is 1. The topological polar surface area (TPSA) is 64.6 Å². The standard InChI is InChI=1S/C15H18FNO4/c1-20-15(19)13(8-10-3-2-4-12(16)7-10)17-14(18)11-5-6-21-9-11/h2-4,7,11,13H,5-6,8-9H2,1H3,(H,17,18)/t11-,13-/m0/s1. The van der Waals surface area contributed by atoms with E-state index in [1.54, 1.807) is 12.1 Å². The average molecular weight is 295 g/mol. The lowest BCUT2D eigenvalue weighted by Gasteiger charge is -2.18. The van der Waals surface area contributed by atoms with E-state index in [0.717, 1.165) is 0 Å². The summed E-state index contributed by atoms with van der Waals surface area (Å²) in [5.74, 6) is -1.41. The van der Waals surface area contributed by atoms with E-state index in [1.807, 2.05) is 0 Å². The molecular formula is C15H18FNO4. The summed E-state index contributed by atoms with van der Waals surface area (Å²) in [6.45, 7) is 0.907. The van der Waals surface area contributed by atoms with Crippen molar-refractivity contribution < 1.29 is 23.5 Å². The molecule has 5 nitrogen and oxygen atoms in total. The van der Waals surface area contributed by atoms with Gasteiger partial charge in [0.15, 0.2) is 0 Å². The number of carbonyl (C=O) groups is 2. The second-order valence-corrected chi connectivity index (χ2v) is 4.98. The molecule has 1 saturated heterocycles. The van der Waals surface area contributed by atoms with Crippen molar-refractivity contribution in [3.63, 3.8) is 0 Å². The molecule has 0 spiro atoms. The van der Waals surface area contributed by atoms with Crippen LogP contribution in [-0.4, -0.2) is 38.2 Å². The summed E-state index contributed by atoms with van der Waals surface area (Å²) in [4.78, 5) is 23.8. The second-order valence-electron chi connectivity index (χ2n) is 4.98. The summed E-state index contributed by atoms with van der Waals surface area (Å²) in [5.41, 5.74) is 0.619. The maximum atomic E-state index is 13.2. The quantitative estimate of drug-likeness (QED) is 0.825. The number of carbonyl (C=O) groups excluding carboxylic acids is 2. The number of rotatable bonds is 5. The van der Waals surface area contributed by atoms with Crippen LogP contribution < -0.4 is 5.32 Å². The summed E-state index contributed by atoms with van der Waals surface area (Å²) in [7, 11) is 1.26. The molecule has 1 heterocycles. The van der Waals surface area contributed by atoms with Gasteiger partial charge in [-0.15, -0.1) is 0 Å². The van der Waals surface area contributed by atoms with E-state index in [-0.39, 0.29) is 24.1 Å². The number of hydrogen-bond donors (Lipinski definition) is 1. The van der Waals surface area contributed by atoms with Crippen LogP contribution in [0.1, 0.15) is 12.0 Å². The van der Waals surface area contributed by atoms with E-state index in [4.69, 9.17) is 9.47 Å². The Bertz CT molecular complexity index is 514. The first kappa shape index (κ1) is 15.4. The van der Waals surface area contributed by atoms with Crippen LogP contribution in [0.5, 0.6) is 0 Å². The van der Waals surface area contributed by atoms with Gasteiger partial charge in [-0.25, -0.2) is 9.18 Å². The van der Waals surface area contributed by atoms with Crippen molar-refractivity contribution in [2.45, 2.75) is 18.9 Å². The summed E-state index contributed by atoms with van der Waals surface area (Å²) < 4.78 is 23.0. The Balaban J connectivity index is 2.03. The van der Waals surface area contributed by atoms with Gasteiger partial charge in [0.05, 0.1) is 19.6 Å². The highest BCUT2D eigenvalue weighted by molar-refractivity contribution is 5.86. The third kappa shape index (κ3) is 4.26. The zero-order valence-electron chi connectivity index (χ0n) is 11.8. The minimum absolute atomic E-state index is 0.184. The van der Waals surface area contributed by atoms with Crippen LogP contribution >= 0.6 is 0 Å². The summed E-state index contributed by atoms with van der Waals surface area (Å²) in [6, 6.07) is 5.09. The number of amides is 1. The molecular weight excluding hydrogens is 277 g/mol. The van der Waals surface area contributed by atoms with Gasteiger partial charge in [0.25, 0.3) is 0 Å². The molecule has 1 N–H and O–H groups in total. The summed E-state index contributed by atoms with van der Waals surface area (Å²) in [5, 5.41) is 2.66. The number of nitrogens with one attached hydrogen (secondary N) is 1. The molecule has 0 aromatic heterocycles. The molecule has 1 fully saturated rings. The van der Waals surface area contributed by atoms with Gasteiger partial charge in [0.2, 0.25) is 5.91 Å². The van der Waals surface area contributed by atoms with Gasteiger partial charge >= 0.3 is 5.97 Å². The van der Waals surface area contributed by atoms with E-state index in [9.17, 15) is 14.0 Å². The zero-order valence-corrected chi connectivity index (χ0v) is 11.8. The lowest BCUT2D eigenvalue weighted by Crippen LogP contribution is -2.45. The number of benzene rings is 1. The molecule has 114 valence electrons. The van der Waals surface area contributed by atoms with Crippen molar-refractivity contribution in [1.82, 2.24) is 5.32 Å². The zero-order chi connectivity index (χ0) is 15.2. The van der Waals surface area contributed by atoms with E-state index >= 15 is 0 Å². The maximum Gasteiger partial charge on any atom is 0.328 e. The van der Waals surface area contributed by atoms with Gasteiger partial charge in [-0.2, -0.15) is 0 Å². The number of esters is 1. The van der Waals surface area contributed by atoms with Gasteiger partial charge in [-0.3, -0.25) is 4.79 Å². The average Bonchev–Trinajstić information content (AvgIpc) is 3.00. The van der Waals surface area contributed by atoms with Crippen molar-refractivity contribution in [3.8, 4) is 0 Å². The molecule has 0 aliphatic carbocycles. The molecule has 2 rings (SSSR count). The molecule has 0 saturated carbocycles. The Morgan fingerprint density at radius 1 is 1.52 bits per heavy atom. The normalized spacial score (nSPS) is 19.0. The highest BCUT2D eigenvalue weighted by atomic mass is 19.1. The number of ether oxygens (including phenoxy) is 2.